The average Bonchev–Trinajstić information content (AvgIpc) is 2.93. The van der Waals surface area contributed by atoms with Crippen molar-refractivity contribution in [3.63, 3.8) is 0 Å². The monoisotopic (exact) mass is 411 g/mol. The molecule has 1 aromatic carbocycles. The summed E-state index contributed by atoms with van der Waals surface area (Å²) in [6.07, 6.45) is 2.65. The van der Waals surface area contributed by atoms with Crippen molar-refractivity contribution in [3.05, 3.63) is 40.8 Å². The summed E-state index contributed by atoms with van der Waals surface area (Å²) in [7, 11) is 1.24. The number of nitrogens with zero attached hydrogens (tertiary/aromatic N) is 2. The van der Waals surface area contributed by atoms with Crippen LogP contribution < -0.4 is 10.1 Å². The summed E-state index contributed by atoms with van der Waals surface area (Å²) in [5.41, 5.74) is 0.811. The highest BCUT2D eigenvalue weighted by molar-refractivity contribution is 9.09. The van der Waals surface area contributed by atoms with Crippen molar-refractivity contribution < 1.29 is 19.1 Å². The van der Waals surface area contributed by atoms with Gasteiger partial charge < -0.3 is 9.47 Å². The molecule has 7 nitrogen and oxygen atoms in total. The molecule has 0 aromatic heterocycles. The van der Waals surface area contributed by atoms with Gasteiger partial charge in [-0.2, -0.15) is 5.10 Å². The molecule has 0 bridgehead atoms. The fraction of sp³-hybridized carbons (Fsp3) is 0.200. The molecule has 0 unspecified atom stereocenters. The minimum atomic E-state index is -0.599. The summed E-state index contributed by atoms with van der Waals surface area (Å²) in [4.78, 5) is 23.0. The van der Waals surface area contributed by atoms with Crippen molar-refractivity contribution >= 4 is 51.0 Å². The highest BCUT2D eigenvalue weighted by Crippen LogP contribution is 2.23. The van der Waals surface area contributed by atoms with Gasteiger partial charge in [-0.1, -0.05) is 28.1 Å². The van der Waals surface area contributed by atoms with Gasteiger partial charge >= 0.3 is 5.97 Å². The first-order valence-electron chi connectivity index (χ1n) is 6.81. The maximum Gasteiger partial charge on any atom is 0.331 e. The molecule has 0 radical (unpaired) electrons. The van der Waals surface area contributed by atoms with Crippen LogP contribution >= 0.6 is 27.7 Å². The second-order valence-corrected chi connectivity index (χ2v) is 6.17. The summed E-state index contributed by atoms with van der Waals surface area (Å²) in [6.45, 7) is 0.570. The Balaban J connectivity index is 2.01. The molecule has 1 saturated heterocycles. The molecule has 9 heteroatoms. The van der Waals surface area contributed by atoms with E-state index in [0.717, 1.165) is 34.5 Å². The molecule has 2 rings (SSSR count). The Labute approximate surface area is 151 Å². The second-order valence-electron chi connectivity index (χ2n) is 4.35. The van der Waals surface area contributed by atoms with E-state index in [-0.39, 0.29) is 10.1 Å². The van der Waals surface area contributed by atoms with Crippen molar-refractivity contribution in [2.75, 3.05) is 19.0 Å². The van der Waals surface area contributed by atoms with Crippen LogP contribution in [0, 0.1) is 0 Å². The molecule has 24 heavy (non-hydrogen) atoms. The third-order valence-electron chi connectivity index (χ3n) is 2.66. The van der Waals surface area contributed by atoms with E-state index in [1.165, 1.54) is 7.11 Å². The van der Waals surface area contributed by atoms with Crippen molar-refractivity contribution in [2.45, 2.75) is 0 Å². The lowest BCUT2D eigenvalue weighted by molar-refractivity contribution is -0.135. The zero-order valence-electron chi connectivity index (χ0n) is 12.7. The zero-order valence-corrected chi connectivity index (χ0v) is 15.1. The molecule has 126 valence electrons. The number of amidine groups is 1. The average molecular weight is 412 g/mol. The third-order valence-corrected chi connectivity index (χ3v) is 3.88. The maximum absolute atomic E-state index is 11.7. The van der Waals surface area contributed by atoms with Crippen molar-refractivity contribution in [3.8, 4) is 5.75 Å². The van der Waals surface area contributed by atoms with Gasteiger partial charge in [-0.05, 0) is 29.5 Å². The number of thioether (sulfide) groups is 1. The van der Waals surface area contributed by atoms with Gasteiger partial charge in [-0.15, -0.1) is 5.10 Å². The Hall–Kier alpha value is -2.13. The van der Waals surface area contributed by atoms with Gasteiger partial charge in [0.25, 0.3) is 5.91 Å². The lowest BCUT2D eigenvalue weighted by Crippen LogP contribution is -2.19. The number of carbonyl (C=O) groups is 2. The Morgan fingerprint density at radius 1 is 1.46 bits per heavy atom. The van der Waals surface area contributed by atoms with Crippen molar-refractivity contribution in [1.29, 1.82) is 0 Å². The van der Waals surface area contributed by atoms with E-state index in [1.54, 1.807) is 6.21 Å². The summed E-state index contributed by atoms with van der Waals surface area (Å²) in [5.74, 6) is -0.278. The fourth-order valence-electron chi connectivity index (χ4n) is 1.63. The topological polar surface area (TPSA) is 89.3 Å². The van der Waals surface area contributed by atoms with E-state index < -0.39 is 11.9 Å². The number of hydrogen-bond donors (Lipinski definition) is 1. The predicted molar refractivity (Wildman–Crippen MR) is 96.6 cm³/mol. The maximum atomic E-state index is 11.7. The molecule has 1 amide bonds. The van der Waals surface area contributed by atoms with Crippen LogP contribution in [-0.2, 0) is 14.3 Å². The largest absolute Gasteiger partial charge is 0.493 e. The van der Waals surface area contributed by atoms with Gasteiger partial charge in [-0.3, -0.25) is 10.1 Å². The molecule has 1 heterocycles. The smallest absolute Gasteiger partial charge is 0.331 e. The number of rotatable bonds is 6. The fourth-order valence-corrected chi connectivity index (χ4v) is 2.53. The van der Waals surface area contributed by atoms with E-state index >= 15 is 0 Å². The molecule has 1 aromatic rings. The molecule has 0 saturated carbocycles. The molecule has 0 spiro atoms. The minimum absolute atomic E-state index is 0.209. The second kappa shape index (κ2) is 9.24. The van der Waals surface area contributed by atoms with Crippen LogP contribution in [0.2, 0.25) is 0 Å². The molecule has 1 aliphatic rings. The predicted octanol–water partition coefficient (Wildman–Crippen LogP) is 2.07. The first-order valence-corrected chi connectivity index (χ1v) is 8.75. The van der Waals surface area contributed by atoms with Crippen molar-refractivity contribution in [2.24, 2.45) is 10.2 Å². The number of ether oxygens (including phenoxy) is 2. The summed E-state index contributed by atoms with van der Waals surface area (Å²) >= 11 is 4.31. The van der Waals surface area contributed by atoms with E-state index in [2.05, 4.69) is 36.2 Å². The van der Waals surface area contributed by atoms with Crippen LogP contribution in [0.15, 0.2) is 45.4 Å². The van der Waals surface area contributed by atoms with Crippen LogP contribution in [0.25, 0.3) is 0 Å². The number of methoxy groups -OCH3 is 1. The number of esters is 1. The van der Waals surface area contributed by atoms with Crippen LogP contribution in [0.1, 0.15) is 5.56 Å². The van der Waals surface area contributed by atoms with Crippen LogP contribution in [-0.4, -0.2) is 42.3 Å². The van der Waals surface area contributed by atoms with Crippen molar-refractivity contribution in [1.82, 2.24) is 5.32 Å². The summed E-state index contributed by atoms with van der Waals surface area (Å²) < 4.78 is 9.98. The van der Waals surface area contributed by atoms with Gasteiger partial charge in [0, 0.05) is 11.4 Å². The first-order chi connectivity index (χ1) is 11.6. The molecule has 1 aliphatic heterocycles. The number of carbonyl (C=O) groups excluding carboxylic acids is 2. The van der Waals surface area contributed by atoms with Gasteiger partial charge in [0.05, 0.1) is 24.8 Å². The van der Waals surface area contributed by atoms with E-state index in [0.29, 0.717) is 6.61 Å². The highest BCUT2D eigenvalue weighted by atomic mass is 79.9. The lowest BCUT2D eigenvalue weighted by atomic mass is 10.2. The molecular formula is C15H14BrN3O4S. The number of alkyl halides is 1. The Morgan fingerprint density at radius 2 is 2.29 bits per heavy atom. The molecule has 0 aliphatic carbocycles. The molecule has 1 fully saturated rings. The van der Waals surface area contributed by atoms with E-state index in [1.807, 2.05) is 24.3 Å². The van der Waals surface area contributed by atoms with Gasteiger partial charge in [-0.25, -0.2) is 4.79 Å². The third kappa shape index (κ3) is 5.50. The highest BCUT2D eigenvalue weighted by Gasteiger charge is 2.24. The van der Waals surface area contributed by atoms with E-state index in [4.69, 9.17) is 4.74 Å². The first kappa shape index (κ1) is 18.2. The summed E-state index contributed by atoms with van der Waals surface area (Å²) in [6, 6.07) is 7.38. The van der Waals surface area contributed by atoms with Gasteiger partial charge in [0.1, 0.15) is 5.75 Å². The number of amides is 1. The Bertz CT molecular complexity index is 718. The number of hydrogen-bond acceptors (Lipinski definition) is 7. The van der Waals surface area contributed by atoms with Crippen LogP contribution in [0.3, 0.4) is 0 Å². The quantitative estimate of drug-likeness (QED) is 0.254. The van der Waals surface area contributed by atoms with Gasteiger partial charge in [0.15, 0.2) is 5.17 Å². The zero-order chi connectivity index (χ0) is 17.4. The molecule has 0 atom stereocenters. The SMILES string of the molecule is COC(=O)/C=C1/S/C(=N\N=Cc2cccc(OCCBr)c2)NC1=O. The minimum Gasteiger partial charge on any atom is -0.493 e. The van der Waals surface area contributed by atoms with Gasteiger partial charge in [0.2, 0.25) is 0 Å². The van der Waals surface area contributed by atoms with Crippen LogP contribution in [0.5, 0.6) is 5.75 Å². The standard InChI is InChI=1S/C15H14BrN3O4S/c1-22-13(20)8-12-14(21)18-15(24-12)19-17-9-10-3-2-4-11(7-10)23-6-5-16/h2-4,7-9H,5-6H2,1H3,(H,18,19,21)/b12-8+,17-9?. The Morgan fingerprint density at radius 3 is 3.04 bits per heavy atom. The lowest BCUT2D eigenvalue weighted by Gasteiger charge is -2.03. The van der Waals surface area contributed by atoms with Crippen LogP contribution in [0.4, 0.5) is 0 Å². The number of halogens is 1. The normalized spacial score (nSPS) is 17.5. The van der Waals surface area contributed by atoms with E-state index in [9.17, 15) is 9.59 Å². The molecule has 1 N–H and O–H groups in total. The molecular weight excluding hydrogens is 398 g/mol. The summed E-state index contributed by atoms with van der Waals surface area (Å²) in [5, 5.41) is 11.4. The Kier molecular flexibility index (Phi) is 7.01. The number of benzene rings is 1. The number of nitrogens with one attached hydrogen (secondary N) is 1.